The van der Waals surface area contributed by atoms with E-state index in [1.54, 1.807) is 20.8 Å². The highest BCUT2D eigenvalue weighted by Gasteiger charge is 2.26. The molecule has 1 aliphatic carbocycles. The molecule has 0 fully saturated rings. The van der Waals surface area contributed by atoms with Crippen molar-refractivity contribution in [3.63, 3.8) is 0 Å². The Labute approximate surface area is 117 Å². The van der Waals surface area contributed by atoms with E-state index in [-0.39, 0.29) is 17.7 Å². The van der Waals surface area contributed by atoms with E-state index in [2.05, 4.69) is 10.3 Å². The minimum Gasteiger partial charge on any atom is -0.494 e. The van der Waals surface area contributed by atoms with Crippen molar-refractivity contribution in [2.45, 2.75) is 38.7 Å². The number of alkyl carbamates (subject to hydrolysis) is 1. The molecular formula is C14H20N2O4. The van der Waals surface area contributed by atoms with Crippen molar-refractivity contribution in [2.24, 2.45) is 0 Å². The molecule has 0 saturated heterocycles. The van der Waals surface area contributed by atoms with Crippen molar-refractivity contribution in [1.82, 2.24) is 10.3 Å². The van der Waals surface area contributed by atoms with Gasteiger partial charge < -0.3 is 20.3 Å². The molecule has 0 spiro atoms. The third-order valence-electron chi connectivity index (χ3n) is 3.03. The highest BCUT2D eigenvalue weighted by atomic mass is 16.6. The van der Waals surface area contributed by atoms with E-state index in [0.29, 0.717) is 24.1 Å². The van der Waals surface area contributed by atoms with Crippen LogP contribution in [0, 0.1) is 0 Å². The standard InChI is InChI=1S/C14H20N2O4/c1-14(2,3)20-13(19)15-7-8-5-4-6-9-10(8)12(18)16-11(9)17/h4-5,8,16-18H,6-7H2,1-3H3,(H,15,19). The topological polar surface area (TPSA) is 94.6 Å². The van der Waals surface area contributed by atoms with E-state index in [1.165, 1.54) is 0 Å². The van der Waals surface area contributed by atoms with Gasteiger partial charge in [0, 0.05) is 23.6 Å². The summed E-state index contributed by atoms with van der Waals surface area (Å²) in [5.74, 6) is -0.273. The summed E-state index contributed by atoms with van der Waals surface area (Å²) in [7, 11) is 0. The summed E-state index contributed by atoms with van der Waals surface area (Å²) in [4.78, 5) is 14.1. The average Bonchev–Trinajstić information content (AvgIpc) is 2.61. The van der Waals surface area contributed by atoms with Crippen LogP contribution >= 0.6 is 0 Å². The lowest BCUT2D eigenvalue weighted by Gasteiger charge is -2.22. The minimum absolute atomic E-state index is 0.0240. The van der Waals surface area contributed by atoms with Crippen molar-refractivity contribution in [3.05, 3.63) is 23.3 Å². The van der Waals surface area contributed by atoms with Crippen LogP contribution in [0.1, 0.15) is 37.8 Å². The maximum Gasteiger partial charge on any atom is 0.407 e. The summed E-state index contributed by atoms with van der Waals surface area (Å²) in [6, 6.07) is 0. The third-order valence-corrected chi connectivity index (χ3v) is 3.03. The lowest BCUT2D eigenvalue weighted by molar-refractivity contribution is 0.0526. The second kappa shape index (κ2) is 5.11. The predicted octanol–water partition coefficient (Wildman–Crippen LogP) is 2.15. The van der Waals surface area contributed by atoms with Crippen LogP contribution in [0.25, 0.3) is 0 Å². The number of hydrogen-bond donors (Lipinski definition) is 4. The molecule has 0 aliphatic heterocycles. The van der Waals surface area contributed by atoms with Gasteiger partial charge in [0.15, 0.2) is 11.8 Å². The normalized spacial score (nSPS) is 17.6. The van der Waals surface area contributed by atoms with Gasteiger partial charge in [-0.1, -0.05) is 12.2 Å². The summed E-state index contributed by atoms with van der Waals surface area (Å²) < 4.78 is 5.16. The van der Waals surface area contributed by atoms with Crippen LogP contribution in [0.3, 0.4) is 0 Å². The molecule has 0 radical (unpaired) electrons. The zero-order valence-corrected chi connectivity index (χ0v) is 11.9. The summed E-state index contributed by atoms with van der Waals surface area (Å²) >= 11 is 0. The van der Waals surface area contributed by atoms with E-state index in [4.69, 9.17) is 4.74 Å². The SMILES string of the molecule is CC(C)(C)OC(=O)NCC1C=CCc2c(O)[nH]c(O)c21. The van der Waals surface area contributed by atoms with Crippen molar-refractivity contribution in [3.8, 4) is 11.8 Å². The maximum absolute atomic E-state index is 11.6. The molecule has 6 nitrogen and oxygen atoms in total. The zero-order valence-electron chi connectivity index (χ0n) is 11.9. The molecule has 1 heterocycles. The Morgan fingerprint density at radius 2 is 2.15 bits per heavy atom. The van der Waals surface area contributed by atoms with E-state index in [9.17, 15) is 15.0 Å². The molecular weight excluding hydrogens is 260 g/mol. The molecule has 2 rings (SSSR count). The number of aromatic amines is 1. The maximum atomic E-state index is 11.6. The Morgan fingerprint density at radius 1 is 1.45 bits per heavy atom. The number of H-pyrrole nitrogens is 1. The van der Waals surface area contributed by atoms with Gasteiger partial charge in [0.05, 0.1) is 0 Å². The lowest BCUT2D eigenvalue weighted by Crippen LogP contribution is -2.34. The monoisotopic (exact) mass is 280 g/mol. The van der Waals surface area contributed by atoms with E-state index in [1.807, 2.05) is 12.2 Å². The van der Waals surface area contributed by atoms with Crippen molar-refractivity contribution in [2.75, 3.05) is 6.54 Å². The smallest absolute Gasteiger partial charge is 0.407 e. The first-order chi connectivity index (χ1) is 9.28. The lowest BCUT2D eigenvalue weighted by atomic mass is 9.90. The third kappa shape index (κ3) is 3.07. The van der Waals surface area contributed by atoms with Gasteiger partial charge in [-0.25, -0.2) is 4.79 Å². The van der Waals surface area contributed by atoms with Gasteiger partial charge >= 0.3 is 6.09 Å². The molecule has 0 aromatic carbocycles. The fraction of sp³-hybridized carbons (Fsp3) is 0.500. The van der Waals surface area contributed by atoms with E-state index >= 15 is 0 Å². The van der Waals surface area contributed by atoms with Crippen molar-refractivity contribution in [1.29, 1.82) is 0 Å². The second-order valence-electron chi connectivity index (χ2n) is 5.84. The van der Waals surface area contributed by atoms with Crippen LogP contribution in [-0.4, -0.2) is 33.4 Å². The van der Waals surface area contributed by atoms with Gasteiger partial charge in [-0.15, -0.1) is 0 Å². The largest absolute Gasteiger partial charge is 0.494 e. The van der Waals surface area contributed by atoms with Gasteiger partial charge in [-0.05, 0) is 27.2 Å². The summed E-state index contributed by atoms with van der Waals surface area (Å²) in [6.45, 7) is 5.67. The summed E-state index contributed by atoms with van der Waals surface area (Å²) in [5, 5.41) is 22.1. The molecule has 1 atom stereocenters. The fourth-order valence-electron chi connectivity index (χ4n) is 2.26. The Kier molecular flexibility index (Phi) is 3.65. The minimum atomic E-state index is -0.549. The highest BCUT2D eigenvalue weighted by molar-refractivity contribution is 5.68. The zero-order chi connectivity index (χ0) is 14.9. The van der Waals surface area contributed by atoms with Crippen LogP contribution in [-0.2, 0) is 11.2 Å². The molecule has 0 saturated carbocycles. The summed E-state index contributed by atoms with van der Waals surface area (Å²) in [6.07, 6.45) is 3.85. The molecule has 1 aromatic heterocycles. The Bertz CT molecular complexity index is 540. The van der Waals surface area contributed by atoms with Crippen LogP contribution in [0.2, 0.25) is 0 Å². The molecule has 1 aromatic rings. The van der Waals surface area contributed by atoms with Gasteiger partial charge in [-0.3, -0.25) is 4.98 Å². The molecule has 1 amide bonds. The number of carbonyl (C=O) groups is 1. The van der Waals surface area contributed by atoms with Gasteiger partial charge in [0.2, 0.25) is 0 Å². The van der Waals surface area contributed by atoms with Crippen LogP contribution in [0.5, 0.6) is 11.8 Å². The molecule has 4 N–H and O–H groups in total. The van der Waals surface area contributed by atoms with Crippen LogP contribution in [0.4, 0.5) is 4.79 Å². The average molecular weight is 280 g/mol. The molecule has 0 bridgehead atoms. The van der Waals surface area contributed by atoms with Gasteiger partial charge in [0.1, 0.15) is 5.60 Å². The molecule has 1 aliphatic rings. The molecule has 6 heteroatoms. The Hall–Kier alpha value is -2.11. The quantitative estimate of drug-likeness (QED) is 0.624. The van der Waals surface area contributed by atoms with E-state index in [0.717, 1.165) is 0 Å². The Balaban J connectivity index is 2.03. The Morgan fingerprint density at radius 3 is 2.80 bits per heavy atom. The number of rotatable bonds is 2. The number of allylic oxidation sites excluding steroid dienone is 1. The van der Waals surface area contributed by atoms with E-state index < -0.39 is 11.7 Å². The van der Waals surface area contributed by atoms with Gasteiger partial charge in [-0.2, -0.15) is 0 Å². The number of carbonyl (C=O) groups excluding carboxylic acids is 1. The molecule has 1 unspecified atom stereocenters. The fourth-order valence-corrected chi connectivity index (χ4v) is 2.26. The number of hydrogen-bond acceptors (Lipinski definition) is 4. The second-order valence-corrected chi connectivity index (χ2v) is 5.84. The molecule has 20 heavy (non-hydrogen) atoms. The first-order valence-electron chi connectivity index (χ1n) is 6.54. The highest BCUT2D eigenvalue weighted by Crippen LogP contribution is 2.38. The molecule has 110 valence electrons. The number of ether oxygens (including phenoxy) is 1. The van der Waals surface area contributed by atoms with Crippen molar-refractivity contribution < 1.29 is 19.7 Å². The number of fused-ring (bicyclic) bond motifs is 1. The summed E-state index contributed by atoms with van der Waals surface area (Å²) in [5.41, 5.74) is 0.744. The van der Waals surface area contributed by atoms with Gasteiger partial charge in [0.25, 0.3) is 0 Å². The first-order valence-corrected chi connectivity index (χ1v) is 6.54. The predicted molar refractivity (Wildman–Crippen MR) is 73.9 cm³/mol. The number of amides is 1. The number of aromatic hydroxyl groups is 2. The number of aromatic nitrogens is 1. The van der Waals surface area contributed by atoms with Crippen molar-refractivity contribution >= 4 is 6.09 Å². The van der Waals surface area contributed by atoms with Crippen LogP contribution in [0.15, 0.2) is 12.2 Å². The van der Waals surface area contributed by atoms with Crippen LogP contribution < -0.4 is 5.32 Å². The first kappa shape index (κ1) is 14.3. The number of nitrogens with one attached hydrogen (secondary N) is 2.